The van der Waals surface area contributed by atoms with Crippen LogP contribution in [0.5, 0.6) is 0 Å². The lowest BCUT2D eigenvalue weighted by molar-refractivity contribution is 0.0596. The minimum Gasteiger partial charge on any atom is -0.465 e. The number of esters is 1. The van der Waals surface area contributed by atoms with E-state index in [-0.39, 0.29) is 35.5 Å². The molecule has 0 heterocycles. The van der Waals surface area contributed by atoms with E-state index in [1.807, 2.05) is 6.92 Å². The van der Waals surface area contributed by atoms with Gasteiger partial charge in [-0.05, 0) is 25.5 Å². The van der Waals surface area contributed by atoms with Gasteiger partial charge in [-0.25, -0.2) is 17.9 Å². The van der Waals surface area contributed by atoms with Crippen molar-refractivity contribution in [3.63, 3.8) is 0 Å². The summed E-state index contributed by atoms with van der Waals surface area (Å²) in [5.74, 6) is -0.679. The van der Waals surface area contributed by atoms with Gasteiger partial charge in [0.2, 0.25) is 10.0 Å². The first kappa shape index (κ1) is 21.9. The van der Waals surface area contributed by atoms with Crippen LogP contribution in [0.15, 0.2) is 23.1 Å². The van der Waals surface area contributed by atoms with E-state index >= 15 is 0 Å². The highest BCUT2D eigenvalue weighted by molar-refractivity contribution is 7.89. The number of ether oxygens (including phenoxy) is 1. The van der Waals surface area contributed by atoms with E-state index in [0.29, 0.717) is 6.42 Å². The largest absolute Gasteiger partial charge is 0.465 e. The molecule has 0 fully saturated rings. The summed E-state index contributed by atoms with van der Waals surface area (Å²) in [6, 6.07) is 4.21. The highest BCUT2D eigenvalue weighted by Gasteiger charge is 2.25. The Bertz CT molecular complexity index is 620. The normalized spacial score (nSPS) is 12.3. The van der Waals surface area contributed by atoms with Crippen molar-refractivity contribution < 1.29 is 17.9 Å². The standard InChI is InChI=1S/C15H24N2O4S.ClH/c1-4-5-6-12(10-16)17-22(19,20)14-8-7-11(2)9-13(14)15(18)21-3;/h7-9,12,17H,4-6,10,16H2,1-3H3;1H. The van der Waals surface area contributed by atoms with Gasteiger partial charge in [-0.3, -0.25) is 0 Å². The minimum absolute atomic E-state index is 0. The lowest BCUT2D eigenvalue weighted by Crippen LogP contribution is -2.40. The summed E-state index contributed by atoms with van der Waals surface area (Å²) < 4.78 is 32.3. The number of nitrogens with one attached hydrogen (secondary N) is 1. The number of methoxy groups -OCH3 is 1. The Kier molecular flexibility index (Phi) is 9.38. The van der Waals surface area contributed by atoms with E-state index in [2.05, 4.69) is 9.46 Å². The van der Waals surface area contributed by atoms with Crippen LogP contribution in [-0.4, -0.2) is 34.1 Å². The number of rotatable bonds is 8. The summed E-state index contributed by atoms with van der Waals surface area (Å²) >= 11 is 0. The molecule has 0 bridgehead atoms. The molecule has 0 aliphatic heterocycles. The number of unbranched alkanes of at least 4 members (excludes halogenated alkanes) is 1. The molecule has 0 radical (unpaired) electrons. The Hall–Kier alpha value is -1.15. The van der Waals surface area contributed by atoms with Crippen molar-refractivity contribution in [2.24, 2.45) is 5.73 Å². The fraction of sp³-hybridized carbons (Fsp3) is 0.533. The molecule has 0 saturated carbocycles. The predicted octanol–water partition coefficient (Wildman–Crippen LogP) is 2.00. The number of carbonyl (C=O) groups excluding carboxylic acids is 1. The SMILES string of the molecule is CCCCC(CN)NS(=O)(=O)c1ccc(C)cc1C(=O)OC.Cl. The van der Waals surface area contributed by atoms with Gasteiger partial charge < -0.3 is 10.5 Å². The quantitative estimate of drug-likeness (QED) is 0.687. The van der Waals surface area contributed by atoms with Crippen LogP contribution in [0.3, 0.4) is 0 Å². The molecule has 0 aromatic heterocycles. The lowest BCUT2D eigenvalue weighted by atomic mass is 10.1. The second-order valence-corrected chi connectivity index (χ2v) is 6.87. The monoisotopic (exact) mass is 364 g/mol. The van der Waals surface area contributed by atoms with Gasteiger partial charge in [-0.1, -0.05) is 31.4 Å². The predicted molar refractivity (Wildman–Crippen MR) is 92.5 cm³/mol. The third kappa shape index (κ3) is 6.10. The summed E-state index contributed by atoms with van der Waals surface area (Å²) in [5, 5.41) is 0. The van der Waals surface area contributed by atoms with Crippen molar-refractivity contribution in [2.75, 3.05) is 13.7 Å². The van der Waals surface area contributed by atoms with Gasteiger partial charge in [0.15, 0.2) is 0 Å². The third-order valence-corrected chi connectivity index (χ3v) is 4.92. The summed E-state index contributed by atoms with van der Waals surface area (Å²) in [4.78, 5) is 11.7. The van der Waals surface area contributed by atoms with E-state index in [0.717, 1.165) is 18.4 Å². The molecule has 8 heteroatoms. The molecule has 23 heavy (non-hydrogen) atoms. The number of carbonyl (C=O) groups is 1. The average molecular weight is 365 g/mol. The Morgan fingerprint density at radius 3 is 2.57 bits per heavy atom. The van der Waals surface area contributed by atoms with Gasteiger partial charge in [0, 0.05) is 12.6 Å². The van der Waals surface area contributed by atoms with Gasteiger partial charge in [0.25, 0.3) is 0 Å². The molecular formula is C15H25ClN2O4S. The van der Waals surface area contributed by atoms with Crippen LogP contribution in [0, 0.1) is 6.92 Å². The van der Waals surface area contributed by atoms with E-state index in [4.69, 9.17) is 5.73 Å². The Balaban J connectivity index is 0.00000484. The van der Waals surface area contributed by atoms with Crippen molar-refractivity contribution in [1.29, 1.82) is 0 Å². The van der Waals surface area contributed by atoms with Crippen LogP contribution in [0.4, 0.5) is 0 Å². The van der Waals surface area contributed by atoms with E-state index < -0.39 is 16.0 Å². The summed E-state index contributed by atoms with van der Waals surface area (Å²) in [7, 11) is -2.61. The zero-order chi connectivity index (χ0) is 16.8. The maximum atomic E-state index is 12.5. The number of hydrogen-bond acceptors (Lipinski definition) is 5. The number of sulfonamides is 1. The molecule has 3 N–H and O–H groups in total. The maximum absolute atomic E-state index is 12.5. The van der Waals surface area contributed by atoms with Crippen molar-refractivity contribution >= 4 is 28.4 Å². The highest BCUT2D eigenvalue weighted by atomic mass is 35.5. The number of benzene rings is 1. The van der Waals surface area contributed by atoms with Gasteiger partial charge in [0.1, 0.15) is 0 Å². The van der Waals surface area contributed by atoms with Crippen LogP contribution in [0.2, 0.25) is 0 Å². The number of aryl methyl sites for hydroxylation is 1. The summed E-state index contributed by atoms with van der Waals surface area (Å²) in [6.07, 6.45) is 2.49. The van der Waals surface area contributed by atoms with Crippen molar-refractivity contribution in [3.8, 4) is 0 Å². The van der Waals surface area contributed by atoms with Crippen molar-refractivity contribution in [2.45, 2.75) is 44.0 Å². The minimum atomic E-state index is -3.84. The smallest absolute Gasteiger partial charge is 0.339 e. The molecule has 6 nitrogen and oxygen atoms in total. The Morgan fingerprint density at radius 1 is 1.39 bits per heavy atom. The van der Waals surface area contributed by atoms with Gasteiger partial charge in [-0.2, -0.15) is 0 Å². The molecule has 0 aliphatic rings. The molecule has 1 aromatic rings. The Morgan fingerprint density at radius 2 is 2.04 bits per heavy atom. The fourth-order valence-corrected chi connectivity index (χ4v) is 3.56. The van der Waals surface area contributed by atoms with Gasteiger partial charge >= 0.3 is 5.97 Å². The van der Waals surface area contributed by atoms with Crippen molar-refractivity contribution in [3.05, 3.63) is 29.3 Å². The van der Waals surface area contributed by atoms with E-state index in [9.17, 15) is 13.2 Å². The highest BCUT2D eigenvalue weighted by Crippen LogP contribution is 2.19. The van der Waals surface area contributed by atoms with Crippen LogP contribution in [0.25, 0.3) is 0 Å². The summed E-state index contributed by atoms with van der Waals surface area (Å²) in [6.45, 7) is 4.01. The van der Waals surface area contributed by atoms with E-state index in [1.165, 1.54) is 19.2 Å². The van der Waals surface area contributed by atoms with Crippen molar-refractivity contribution in [1.82, 2.24) is 4.72 Å². The van der Waals surface area contributed by atoms with Gasteiger partial charge in [-0.15, -0.1) is 12.4 Å². The molecule has 0 saturated heterocycles. The number of hydrogen-bond donors (Lipinski definition) is 2. The molecule has 1 rings (SSSR count). The molecule has 132 valence electrons. The molecule has 0 amide bonds. The summed E-state index contributed by atoms with van der Waals surface area (Å²) in [5.41, 5.74) is 6.44. The first-order valence-electron chi connectivity index (χ1n) is 7.27. The number of halogens is 1. The second-order valence-electron chi connectivity index (χ2n) is 5.19. The van der Waals surface area contributed by atoms with Gasteiger partial charge in [0.05, 0.1) is 17.6 Å². The molecular weight excluding hydrogens is 340 g/mol. The Labute approximate surface area is 144 Å². The van der Waals surface area contributed by atoms with Crippen LogP contribution in [0.1, 0.15) is 42.1 Å². The first-order chi connectivity index (χ1) is 10.4. The molecule has 0 aliphatic carbocycles. The van der Waals surface area contributed by atoms with Crippen LogP contribution < -0.4 is 10.5 Å². The molecule has 0 spiro atoms. The van der Waals surface area contributed by atoms with E-state index in [1.54, 1.807) is 13.0 Å². The molecule has 1 unspecified atom stereocenters. The lowest BCUT2D eigenvalue weighted by Gasteiger charge is -2.18. The van der Waals surface area contributed by atoms with Crippen LogP contribution in [-0.2, 0) is 14.8 Å². The second kappa shape index (κ2) is 9.87. The third-order valence-electron chi connectivity index (χ3n) is 3.34. The topological polar surface area (TPSA) is 98.5 Å². The average Bonchev–Trinajstić information content (AvgIpc) is 2.50. The molecule has 1 aromatic carbocycles. The molecule has 1 atom stereocenters. The zero-order valence-corrected chi connectivity index (χ0v) is 15.3. The zero-order valence-electron chi connectivity index (χ0n) is 13.7. The maximum Gasteiger partial charge on any atom is 0.339 e. The fourth-order valence-electron chi connectivity index (χ4n) is 2.11. The first-order valence-corrected chi connectivity index (χ1v) is 8.75. The number of nitrogens with two attached hydrogens (primary N) is 1. The van der Waals surface area contributed by atoms with Crippen LogP contribution >= 0.6 is 12.4 Å².